The number of likely N-dealkylation sites (N-methyl/N-ethyl adjacent to an activating group) is 1. The van der Waals surface area contributed by atoms with Crippen LogP contribution in [0.2, 0.25) is 0 Å². The minimum Gasteiger partial charge on any atom is -0.497 e. The van der Waals surface area contributed by atoms with Gasteiger partial charge >= 0.3 is 0 Å². The zero-order valence-corrected chi connectivity index (χ0v) is 16.2. The lowest BCUT2D eigenvalue weighted by atomic mass is 10.1. The molecule has 1 heterocycles. The molecule has 1 amide bonds. The Balaban J connectivity index is 1.69. The number of rotatable bonds is 8. The minimum atomic E-state index is -0.0313. The predicted molar refractivity (Wildman–Crippen MR) is 104 cm³/mol. The van der Waals surface area contributed by atoms with Gasteiger partial charge in [0.05, 0.1) is 27.2 Å². The molecule has 0 radical (unpaired) electrons. The second kappa shape index (κ2) is 9.03. The van der Waals surface area contributed by atoms with E-state index in [1.165, 1.54) is 0 Å². The Bertz CT molecular complexity index is 921. The van der Waals surface area contributed by atoms with Crippen molar-refractivity contribution in [2.75, 3.05) is 20.8 Å². The van der Waals surface area contributed by atoms with Gasteiger partial charge in [-0.05, 0) is 37.3 Å². The van der Waals surface area contributed by atoms with Crippen LogP contribution in [0.15, 0.2) is 53.1 Å². The fourth-order valence-electron chi connectivity index (χ4n) is 2.84. The number of benzene rings is 2. The van der Waals surface area contributed by atoms with Crippen molar-refractivity contribution in [1.82, 2.24) is 15.0 Å². The SMILES string of the molecule is CCN(Cc1nc(-c2ccc(OC)cc2)no1)C(=O)Cc1ccccc1OC. The number of carbonyl (C=O) groups is 1. The monoisotopic (exact) mass is 381 g/mol. The molecular weight excluding hydrogens is 358 g/mol. The van der Waals surface area contributed by atoms with Crippen molar-refractivity contribution in [3.8, 4) is 22.9 Å². The van der Waals surface area contributed by atoms with Crippen LogP contribution in [-0.2, 0) is 17.8 Å². The molecule has 1 aromatic heterocycles. The van der Waals surface area contributed by atoms with Crippen molar-refractivity contribution in [2.24, 2.45) is 0 Å². The summed E-state index contributed by atoms with van der Waals surface area (Å²) in [5.41, 5.74) is 1.66. The van der Waals surface area contributed by atoms with Crippen molar-refractivity contribution in [1.29, 1.82) is 0 Å². The molecule has 0 fully saturated rings. The number of methoxy groups -OCH3 is 2. The lowest BCUT2D eigenvalue weighted by Gasteiger charge is -2.19. The number of para-hydroxylation sites is 1. The Hall–Kier alpha value is -3.35. The summed E-state index contributed by atoms with van der Waals surface area (Å²) < 4.78 is 15.8. The number of ether oxygens (including phenoxy) is 2. The van der Waals surface area contributed by atoms with Crippen LogP contribution in [0.1, 0.15) is 18.4 Å². The molecule has 0 aliphatic heterocycles. The molecule has 0 aliphatic rings. The highest BCUT2D eigenvalue weighted by Gasteiger charge is 2.18. The maximum absolute atomic E-state index is 12.7. The van der Waals surface area contributed by atoms with Gasteiger partial charge in [0.2, 0.25) is 17.6 Å². The largest absolute Gasteiger partial charge is 0.497 e. The Kier molecular flexibility index (Phi) is 6.26. The third-order valence-corrected chi connectivity index (χ3v) is 4.41. The second-order valence-electron chi connectivity index (χ2n) is 6.14. The summed E-state index contributed by atoms with van der Waals surface area (Å²) in [6, 6.07) is 14.9. The van der Waals surface area contributed by atoms with E-state index in [4.69, 9.17) is 14.0 Å². The first-order chi connectivity index (χ1) is 13.6. The fourth-order valence-corrected chi connectivity index (χ4v) is 2.84. The van der Waals surface area contributed by atoms with Crippen LogP contribution >= 0.6 is 0 Å². The minimum absolute atomic E-state index is 0.0313. The topological polar surface area (TPSA) is 77.7 Å². The van der Waals surface area contributed by atoms with E-state index in [2.05, 4.69) is 10.1 Å². The van der Waals surface area contributed by atoms with Gasteiger partial charge in [-0.25, -0.2) is 0 Å². The van der Waals surface area contributed by atoms with Crippen LogP contribution in [-0.4, -0.2) is 41.7 Å². The molecule has 0 saturated heterocycles. The van der Waals surface area contributed by atoms with E-state index in [1.807, 2.05) is 55.5 Å². The first-order valence-electron chi connectivity index (χ1n) is 9.01. The molecule has 0 saturated carbocycles. The summed E-state index contributed by atoms with van der Waals surface area (Å²) >= 11 is 0. The molecule has 3 aromatic rings. The lowest BCUT2D eigenvalue weighted by Crippen LogP contribution is -2.31. The highest BCUT2D eigenvalue weighted by Crippen LogP contribution is 2.21. The molecule has 7 heteroatoms. The smallest absolute Gasteiger partial charge is 0.246 e. The third-order valence-electron chi connectivity index (χ3n) is 4.41. The molecule has 0 unspecified atom stereocenters. The van der Waals surface area contributed by atoms with Crippen molar-refractivity contribution < 1.29 is 18.8 Å². The Morgan fingerprint density at radius 3 is 2.50 bits per heavy atom. The van der Waals surface area contributed by atoms with Gasteiger partial charge in [0.25, 0.3) is 0 Å². The first-order valence-corrected chi connectivity index (χ1v) is 9.01. The maximum Gasteiger partial charge on any atom is 0.246 e. The second-order valence-corrected chi connectivity index (χ2v) is 6.14. The molecule has 0 aliphatic carbocycles. The van der Waals surface area contributed by atoms with Gasteiger partial charge in [0.15, 0.2) is 0 Å². The average molecular weight is 381 g/mol. The van der Waals surface area contributed by atoms with Crippen molar-refractivity contribution in [2.45, 2.75) is 19.9 Å². The van der Waals surface area contributed by atoms with Crippen molar-refractivity contribution >= 4 is 5.91 Å². The summed E-state index contributed by atoms with van der Waals surface area (Å²) in [6.45, 7) is 2.71. The molecule has 0 atom stereocenters. The standard InChI is InChI=1S/C21H23N3O4/c1-4-24(20(25)13-16-7-5-6-8-18(16)27-3)14-19-22-21(23-28-19)15-9-11-17(26-2)12-10-15/h5-12H,4,13-14H2,1-3H3. The van der Waals surface area contributed by atoms with Gasteiger partial charge in [0.1, 0.15) is 11.5 Å². The zero-order chi connectivity index (χ0) is 19.9. The summed E-state index contributed by atoms with van der Waals surface area (Å²) in [5.74, 6) is 2.29. The number of hydrogen-bond donors (Lipinski definition) is 0. The van der Waals surface area contributed by atoms with E-state index in [0.29, 0.717) is 24.0 Å². The van der Waals surface area contributed by atoms with Gasteiger partial charge in [-0.3, -0.25) is 4.79 Å². The first kappa shape index (κ1) is 19.4. The number of aromatic nitrogens is 2. The Morgan fingerprint density at radius 1 is 1.07 bits per heavy atom. The molecular formula is C21H23N3O4. The lowest BCUT2D eigenvalue weighted by molar-refractivity contribution is -0.131. The molecule has 7 nitrogen and oxygen atoms in total. The van der Waals surface area contributed by atoms with E-state index >= 15 is 0 Å². The Morgan fingerprint density at radius 2 is 1.82 bits per heavy atom. The molecule has 146 valence electrons. The maximum atomic E-state index is 12.7. The van der Waals surface area contributed by atoms with Gasteiger partial charge in [0, 0.05) is 17.7 Å². The quantitative estimate of drug-likeness (QED) is 0.595. The number of amides is 1. The summed E-state index contributed by atoms with van der Waals surface area (Å²) in [5, 5.41) is 4.02. The van der Waals surface area contributed by atoms with Crippen LogP contribution < -0.4 is 9.47 Å². The van der Waals surface area contributed by atoms with Crippen molar-refractivity contribution in [3.63, 3.8) is 0 Å². The van der Waals surface area contributed by atoms with Crippen LogP contribution in [0.25, 0.3) is 11.4 Å². The van der Waals surface area contributed by atoms with Gasteiger partial charge in [-0.15, -0.1) is 0 Å². The summed E-state index contributed by atoms with van der Waals surface area (Å²) in [4.78, 5) is 18.8. The number of hydrogen-bond acceptors (Lipinski definition) is 6. The number of carbonyl (C=O) groups excluding carboxylic acids is 1. The summed E-state index contributed by atoms with van der Waals surface area (Å²) in [7, 11) is 3.21. The molecule has 3 rings (SSSR count). The zero-order valence-electron chi connectivity index (χ0n) is 16.2. The normalized spacial score (nSPS) is 10.5. The average Bonchev–Trinajstić information content (AvgIpc) is 3.21. The van der Waals surface area contributed by atoms with E-state index in [-0.39, 0.29) is 18.9 Å². The molecule has 0 bridgehead atoms. The van der Waals surface area contributed by atoms with Crippen LogP contribution in [0.4, 0.5) is 0 Å². The van der Waals surface area contributed by atoms with E-state index < -0.39 is 0 Å². The third kappa shape index (κ3) is 4.49. The van der Waals surface area contributed by atoms with Crippen molar-refractivity contribution in [3.05, 3.63) is 60.0 Å². The molecule has 28 heavy (non-hydrogen) atoms. The highest BCUT2D eigenvalue weighted by molar-refractivity contribution is 5.79. The molecule has 0 spiro atoms. The van der Waals surface area contributed by atoms with Gasteiger partial charge in [-0.2, -0.15) is 4.98 Å². The molecule has 2 aromatic carbocycles. The number of nitrogens with zero attached hydrogens (tertiary/aromatic N) is 3. The van der Waals surface area contributed by atoms with E-state index in [0.717, 1.165) is 16.9 Å². The fraction of sp³-hybridized carbons (Fsp3) is 0.286. The van der Waals surface area contributed by atoms with Gasteiger partial charge in [-0.1, -0.05) is 23.4 Å². The Labute approximate surface area is 163 Å². The summed E-state index contributed by atoms with van der Waals surface area (Å²) in [6.07, 6.45) is 0.247. The highest BCUT2D eigenvalue weighted by atomic mass is 16.5. The van der Waals surface area contributed by atoms with Crippen LogP contribution in [0, 0.1) is 0 Å². The van der Waals surface area contributed by atoms with E-state index in [1.54, 1.807) is 19.1 Å². The van der Waals surface area contributed by atoms with Crippen LogP contribution in [0.5, 0.6) is 11.5 Å². The van der Waals surface area contributed by atoms with Gasteiger partial charge < -0.3 is 18.9 Å². The molecule has 0 N–H and O–H groups in total. The predicted octanol–water partition coefficient (Wildman–Crippen LogP) is 3.35. The van der Waals surface area contributed by atoms with Crippen LogP contribution in [0.3, 0.4) is 0 Å². The van der Waals surface area contributed by atoms with E-state index in [9.17, 15) is 4.79 Å².